The number of rotatable bonds is 4. The van der Waals surface area contributed by atoms with Crippen molar-refractivity contribution in [2.24, 2.45) is 0 Å². The van der Waals surface area contributed by atoms with Crippen molar-refractivity contribution in [1.82, 2.24) is 19.6 Å². The summed E-state index contributed by atoms with van der Waals surface area (Å²) in [4.78, 5) is 8.99. The quantitative estimate of drug-likeness (QED) is 0.724. The third-order valence-electron chi connectivity index (χ3n) is 3.57. The maximum atomic E-state index is 5.73. The minimum atomic E-state index is 0.218. The van der Waals surface area contributed by atoms with Gasteiger partial charge in [0.1, 0.15) is 5.52 Å². The van der Waals surface area contributed by atoms with E-state index in [-0.39, 0.29) is 5.95 Å². The van der Waals surface area contributed by atoms with Crippen molar-refractivity contribution in [2.75, 3.05) is 18.1 Å². The predicted molar refractivity (Wildman–Crippen MR) is 94.1 cm³/mol. The van der Waals surface area contributed by atoms with Gasteiger partial charge in [-0.05, 0) is 30.7 Å². The van der Waals surface area contributed by atoms with Crippen LogP contribution in [0, 0.1) is 6.92 Å². The molecule has 6 nitrogen and oxygen atoms in total. The summed E-state index contributed by atoms with van der Waals surface area (Å²) in [5, 5.41) is 7.27. The average molecular weight is 306 g/mol. The van der Waals surface area contributed by atoms with Crippen LogP contribution < -0.4 is 11.1 Å². The number of hydrogen-bond donors (Lipinski definition) is 2. The van der Waals surface area contributed by atoms with E-state index in [4.69, 9.17) is 10.7 Å². The second-order valence-electron chi connectivity index (χ2n) is 5.08. The van der Waals surface area contributed by atoms with Crippen molar-refractivity contribution in [3.05, 3.63) is 54.4 Å². The van der Waals surface area contributed by atoms with Gasteiger partial charge in [0, 0.05) is 18.8 Å². The van der Waals surface area contributed by atoms with Gasteiger partial charge in [0.2, 0.25) is 5.95 Å². The maximum absolute atomic E-state index is 5.73. The fourth-order valence-electron chi connectivity index (χ4n) is 2.45. The lowest BCUT2D eigenvalue weighted by Gasteiger charge is -2.08. The van der Waals surface area contributed by atoms with Gasteiger partial charge in [-0.2, -0.15) is 4.98 Å². The van der Waals surface area contributed by atoms with Crippen LogP contribution in [0.2, 0.25) is 0 Å². The molecule has 0 aliphatic carbocycles. The Labute approximate surface area is 134 Å². The van der Waals surface area contributed by atoms with E-state index >= 15 is 0 Å². The van der Waals surface area contributed by atoms with E-state index in [1.54, 1.807) is 17.6 Å². The van der Waals surface area contributed by atoms with Crippen LogP contribution in [0.15, 0.2) is 43.1 Å². The number of nitrogens with one attached hydrogen (secondary N) is 1. The van der Waals surface area contributed by atoms with Crippen molar-refractivity contribution in [3.63, 3.8) is 0 Å². The second kappa shape index (κ2) is 5.92. The molecule has 116 valence electrons. The van der Waals surface area contributed by atoms with Gasteiger partial charge in [0.25, 0.3) is 0 Å². The number of nitrogens with two attached hydrogens (primary N) is 1. The molecule has 3 rings (SSSR count). The summed E-state index contributed by atoms with van der Waals surface area (Å²) in [6.07, 6.45) is 7.40. The Morgan fingerprint density at radius 2 is 2.09 bits per heavy atom. The van der Waals surface area contributed by atoms with Crippen LogP contribution in [0.4, 0.5) is 11.8 Å². The van der Waals surface area contributed by atoms with E-state index in [1.165, 1.54) is 0 Å². The first kappa shape index (κ1) is 14.8. The topological polar surface area (TPSA) is 81.1 Å². The summed E-state index contributed by atoms with van der Waals surface area (Å²) < 4.78 is 1.71. The number of pyridine rings is 1. The van der Waals surface area contributed by atoms with Crippen LogP contribution in [-0.2, 0) is 0 Å². The Hall–Kier alpha value is -3.15. The smallest absolute Gasteiger partial charge is 0.240 e. The maximum Gasteiger partial charge on any atom is 0.240 e. The van der Waals surface area contributed by atoms with E-state index in [2.05, 4.69) is 22.0 Å². The average Bonchev–Trinajstić information content (AvgIpc) is 2.97. The predicted octanol–water partition coefficient (Wildman–Crippen LogP) is 2.92. The van der Waals surface area contributed by atoms with Gasteiger partial charge < -0.3 is 11.1 Å². The minimum Gasteiger partial charge on any atom is -0.371 e. The minimum absolute atomic E-state index is 0.218. The summed E-state index contributed by atoms with van der Waals surface area (Å²) in [5.41, 5.74) is 10.4. The zero-order chi connectivity index (χ0) is 16.4. The Morgan fingerprint density at radius 3 is 2.83 bits per heavy atom. The van der Waals surface area contributed by atoms with E-state index < -0.39 is 0 Å². The van der Waals surface area contributed by atoms with Gasteiger partial charge in [0.05, 0.1) is 11.4 Å². The van der Waals surface area contributed by atoms with Crippen LogP contribution in [0.25, 0.3) is 22.9 Å². The first-order valence-corrected chi connectivity index (χ1v) is 7.23. The van der Waals surface area contributed by atoms with Crippen LogP contribution in [0.3, 0.4) is 0 Å². The molecule has 0 atom stereocenters. The standard InChI is InChI=1S/C17H18N6/c1-4-5-6-13-11(2)7-8-14(20-13)12-9-10-23-15(12)16(19-3)21-17(18)22-23/h4-10H,1H2,2-3H3,(H3,18,19,21,22)/b6-5-. The van der Waals surface area contributed by atoms with Gasteiger partial charge in [-0.15, -0.1) is 5.10 Å². The Balaban J connectivity index is 2.21. The number of hydrogen-bond acceptors (Lipinski definition) is 5. The number of allylic oxidation sites excluding steroid dienone is 2. The lowest BCUT2D eigenvalue weighted by Crippen LogP contribution is -2.05. The molecule has 3 heterocycles. The largest absolute Gasteiger partial charge is 0.371 e. The third kappa shape index (κ3) is 2.66. The normalized spacial score (nSPS) is 11.2. The van der Waals surface area contributed by atoms with Gasteiger partial charge in [-0.1, -0.05) is 24.8 Å². The molecule has 0 unspecified atom stereocenters. The molecular formula is C17H18N6. The van der Waals surface area contributed by atoms with Crippen molar-refractivity contribution in [2.45, 2.75) is 6.92 Å². The van der Waals surface area contributed by atoms with E-state index in [0.717, 1.165) is 28.0 Å². The molecule has 0 aliphatic heterocycles. The number of anilines is 2. The van der Waals surface area contributed by atoms with E-state index in [1.807, 2.05) is 43.5 Å². The monoisotopic (exact) mass is 306 g/mol. The molecular weight excluding hydrogens is 288 g/mol. The summed E-state index contributed by atoms with van der Waals surface area (Å²) in [7, 11) is 1.80. The van der Waals surface area contributed by atoms with Gasteiger partial charge in [0.15, 0.2) is 5.82 Å². The van der Waals surface area contributed by atoms with Crippen LogP contribution in [0.5, 0.6) is 0 Å². The molecule has 0 fully saturated rings. The molecule has 0 saturated carbocycles. The first-order valence-electron chi connectivity index (χ1n) is 7.23. The Morgan fingerprint density at radius 1 is 1.26 bits per heavy atom. The highest BCUT2D eigenvalue weighted by Crippen LogP contribution is 2.29. The Bertz CT molecular complexity index is 907. The number of aryl methyl sites for hydroxylation is 1. The lowest BCUT2D eigenvalue weighted by atomic mass is 10.1. The number of aromatic nitrogens is 4. The Kier molecular flexibility index (Phi) is 3.80. The van der Waals surface area contributed by atoms with Crippen LogP contribution in [-0.4, -0.2) is 26.6 Å². The molecule has 23 heavy (non-hydrogen) atoms. The zero-order valence-electron chi connectivity index (χ0n) is 13.1. The van der Waals surface area contributed by atoms with E-state index in [9.17, 15) is 0 Å². The highest BCUT2D eigenvalue weighted by atomic mass is 15.3. The summed E-state index contributed by atoms with van der Waals surface area (Å²) in [6.45, 7) is 5.72. The highest BCUT2D eigenvalue weighted by molar-refractivity contribution is 5.87. The van der Waals surface area contributed by atoms with Crippen LogP contribution >= 0.6 is 0 Å². The van der Waals surface area contributed by atoms with Gasteiger partial charge in [-0.25, -0.2) is 9.50 Å². The second-order valence-corrected chi connectivity index (χ2v) is 5.08. The van der Waals surface area contributed by atoms with E-state index in [0.29, 0.717) is 5.82 Å². The molecule has 0 radical (unpaired) electrons. The van der Waals surface area contributed by atoms with Gasteiger partial charge >= 0.3 is 0 Å². The SMILES string of the molecule is C=C/C=C\c1nc(-c2ccn3nc(N)nc(NC)c23)ccc1C. The highest BCUT2D eigenvalue weighted by Gasteiger charge is 2.14. The van der Waals surface area contributed by atoms with Crippen molar-refractivity contribution in [3.8, 4) is 11.3 Å². The summed E-state index contributed by atoms with van der Waals surface area (Å²) in [5.74, 6) is 0.888. The summed E-state index contributed by atoms with van der Waals surface area (Å²) in [6, 6.07) is 6.00. The molecule has 0 aliphatic rings. The van der Waals surface area contributed by atoms with Crippen molar-refractivity contribution < 1.29 is 0 Å². The third-order valence-corrected chi connectivity index (χ3v) is 3.57. The molecule has 3 aromatic heterocycles. The van der Waals surface area contributed by atoms with Crippen LogP contribution in [0.1, 0.15) is 11.3 Å². The first-order chi connectivity index (χ1) is 11.1. The number of nitrogen functional groups attached to an aromatic ring is 1. The molecule has 0 saturated heterocycles. The molecule has 0 spiro atoms. The lowest BCUT2D eigenvalue weighted by molar-refractivity contribution is 0.919. The van der Waals surface area contributed by atoms with Crippen molar-refractivity contribution in [1.29, 1.82) is 0 Å². The number of nitrogens with zero attached hydrogens (tertiary/aromatic N) is 4. The fraction of sp³-hybridized carbons (Fsp3) is 0.118. The van der Waals surface area contributed by atoms with Gasteiger partial charge in [-0.3, -0.25) is 0 Å². The zero-order valence-corrected chi connectivity index (χ0v) is 13.1. The molecule has 0 bridgehead atoms. The molecule has 6 heteroatoms. The number of fused-ring (bicyclic) bond motifs is 1. The molecule has 0 aromatic carbocycles. The molecule has 3 aromatic rings. The summed E-state index contributed by atoms with van der Waals surface area (Å²) >= 11 is 0. The van der Waals surface area contributed by atoms with Crippen molar-refractivity contribution >= 4 is 23.4 Å². The molecule has 3 N–H and O–H groups in total. The fourth-order valence-corrected chi connectivity index (χ4v) is 2.45. The molecule has 0 amide bonds.